The maximum Gasteiger partial charge on any atom is 0.292 e. The number of anilines is 3. The maximum absolute atomic E-state index is 11.9. The van der Waals surface area contributed by atoms with E-state index in [1.165, 1.54) is 6.26 Å². The van der Waals surface area contributed by atoms with Gasteiger partial charge in [0, 0.05) is 5.69 Å². The van der Waals surface area contributed by atoms with E-state index in [4.69, 9.17) is 9.15 Å². The normalized spacial score (nSPS) is 10.3. The maximum atomic E-state index is 11.9. The Labute approximate surface area is 161 Å². The summed E-state index contributed by atoms with van der Waals surface area (Å²) in [5.41, 5.74) is 1.70. The topological polar surface area (TPSA) is 76.4 Å². The summed E-state index contributed by atoms with van der Waals surface area (Å²) in [5.74, 6) is 1.89. The number of amides is 1. The minimum atomic E-state index is -0.341. The standard InChI is InChI=1S/C22H17N3O3/c26-22(20-7-4-14-27-20)25-21-13-10-17(15-23-21)24-16-8-11-19(12-9-16)28-18-5-2-1-3-6-18/h1-15,24H,(H,23,25,26). The van der Waals surface area contributed by atoms with Crippen LogP contribution in [-0.4, -0.2) is 10.9 Å². The number of hydrogen-bond donors (Lipinski definition) is 2. The molecule has 4 rings (SSSR count). The highest BCUT2D eigenvalue weighted by atomic mass is 16.5. The van der Waals surface area contributed by atoms with Crippen LogP contribution in [0, 0.1) is 0 Å². The molecule has 0 aliphatic rings. The predicted octanol–water partition coefficient (Wildman–Crippen LogP) is 5.46. The van der Waals surface area contributed by atoms with Crippen molar-refractivity contribution in [3.05, 3.63) is 97.1 Å². The van der Waals surface area contributed by atoms with Crippen molar-refractivity contribution in [3.8, 4) is 11.5 Å². The van der Waals surface area contributed by atoms with Crippen LogP contribution < -0.4 is 15.4 Å². The van der Waals surface area contributed by atoms with Gasteiger partial charge in [0.2, 0.25) is 0 Å². The second-order valence-corrected chi connectivity index (χ2v) is 5.93. The Morgan fingerprint density at radius 2 is 1.57 bits per heavy atom. The van der Waals surface area contributed by atoms with Gasteiger partial charge in [0.25, 0.3) is 5.91 Å². The van der Waals surface area contributed by atoms with Crippen LogP contribution in [0.15, 0.2) is 95.7 Å². The van der Waals surface area contributed by atoms with Crippen molar-refractivity contribution >= 4 is 23.1 Å². The van der Waals surface area contributed by atoms with Crippen LogP contribution in [-0.2, 0) is 0 Å². The Bertz CT molecular complexity index is 1030. The molecule has 0 saturated heterocycles. The molecular formula is C22H17N3O3. The monoisotopic (exact) mass is 371 g/mol. The number of hydrogen-bond acceptors (Lipinski definition) is 5. The van der Waals surface area contributed by atoms with Gasteiger partial charge < -0.3 is 19.8 Å². The molecule has 6 heteroatoms. The minimum Gasteiger partial charge on any atom is -0.459 e. The zero-order valence-corrected chi connectivity index (χ0v) is 14.8. The van der Waals surface area contributed by atoms with Gasteiger partial charge in [-0.15, -0.1) is 0 Å². The number of rotatable bonds is 6. The van der Waals surface area contributed by atoms with Crippen molar-refractivity contribution in [1.29, 1.82) is 0 Å². The van der Waals surface area contributed by atoms with Crippen molar-refractivity contribution in [1.82, 2.24) is 4.98 Å². The van der Waals surface area contributed by atoms with Crippen molar-refractivity contribution in [3.63, 3.8) is 0 Å². The summed E-state index contributed by atoms with van der Waals surface area (Å²) >= 11 is 0. The van der Waals surface area contributed by atoms with E-state index in [-0.39, 0.29) is 11.7 Å². The van der Waals surface area contributed by atoms with Gasteiger partial charge in [-0.3, -0.25) is 4.79 Å². The Balaban J connectivity index is 1.35. The average Bonchev–Trinajstić information content (AvgIpc) is 3.27. The highest BCUT2D eigenvalue weighted by molar-refractivity contribution is 6.01. The van der Waals surface area contributed by atoms with Crippen LogP contribution in [0.5, 0.6) is 11.5 Å². The molecule has 0 bridgehead atoms. The first-order valence-corrected chi connectivity index (χ1v) is 8.67. The molecule has 2 aromatic carbocycles. The Kier molecular flexibility index (Phi) is 5.02. The number of ether oxygens (including phenoxy) is 1. The van der Waals surface area contributed by atoms with E-state index in [9.17, 15) is 4.79 Å². The molecule has 0 saturated carbocycles. The molecule has 2 heterocycles. The third-order valence-electron chi connectivity index (χ3n) is 3.87. The summed E-state index contributed by atoms with van der Waals surface area (Å²) in [6, 6.07) is 24.0. The summed E-state index contributed by atoms with van der Waals surface area (Å²) in [6.07, 6.45) is 3.09. The van der Waals surface area contributed by atoms with Crippen molar-refractivity contribution in [2.45, 2.75) is 0 Å². The largest absolute Gasteiger partial charge is 0.459 e. The fourth-order valence-corrected chi connectivity index (χ4v) is 2.53. The first-order chi connectivity index (χ1) is 13.8. The Morgan fingerprint density at radius 1 is 0.821 bits per heavy atom. The van der Waals surface area contributed by atoms with E-state index >= 15 is 0 Å². The molecule has 0 aliphatic heterocycles. The fraction of sp³-hybridized carbons (Fsp3) is 0. The number of benzene rings is 2. The van der Waals surface area contributed by atoms with Crippen LogP contribution in [0.25, 0.3) is 0 Å². The van der Waals surface area contributed by atoms with Gasteiger partial charge >= 0.3 is 0 Å². The van der Waals surface area contributed by atoms with Crippen LogP contribution >= 0.6 is 0 Å². The number of nitrogens with zero attached hydrogens (tertiary/aromatic N) is 1. The number of carbonyl (C=O) groups is 1. The van der Waals surface area contributed by atoms with Gasteiger partial charge in [-0.2, -0.15) is 0 Å². The zero-order valence-electron chi connectivity index (χ0n) is 14.8. The van der Waals surface area contributed by atoms with E-state index in [0.717, 1.165) is 22.9 Å². The SMILES string of the molecule is O=C(Nc1ccc(Nc2ccc(Oc3ccccc3)cc2)cn1)c1ccco1. The Hall–Kier alpha value is -4.06. The number of aromatic nitrogens is 1. The molecule has 0 atom stereocenters. The number of pyridine rings is 1. The van der Waals surface area contributed by atoms with Gasteiger partial charge in [-0.1, -0.05) is 18.2 Å². The second kappa shape index (κ2) is 8.09. The summed E-state index contributed by atoms with van der Waals surface area (Å²) in [7, 11) is 0. The third-order valence-corrected chi connectivity index (χ3v) is 3.87. The van der Waals surface area contributed by atoms with E-state index in [2.05, 4.69) is 15.6 Å². The third kappa shape index (κ3) is 4.37. The van der Waals surface area contributed by atoms with Crippen LogP contribution in [0.3, 0.4) is 0 Å². The van der Waals surface area contributed by atoms with Gasteiger partial charge in [0.1, 0.15) is 17.3 Å². The summed E-state index contributed by atoms with van der Waals surface area (Å²) in [4.78, 5) is 16.2. The van der Waals surface area contributed by atoms with E-state index in [0.29, 0.717) is 5.82 Å². The summed E-state index contributed by atoms with van der Waals surface area (Å²) in [6.45, 7) is 0. The van der Waals surface area contributed by atoms with Gasteiger partial charge in [-0.25, -0.2) is 4.98 Å². The number of nitrogens with one attached hydrogen (secondary N) is 2. The minimum absolute atomic E-state index is 0.238. The first-order valence-electron chi connectivity index (χ1n) is 8.67. The second-order valence-electron chi connectivity index (χ2n) is 5.93. The number of carbonyl (C=O) groups excluding carboxylic acids is 1. The average molecular weight is 371 g/mol. The lowest BCUT2D eigenvalue weighted by Crippen LogP contribution is -2.11. The number of furan rings is 1. The first kappa shape index (κ1) is 17.4. The van der Waals surface area contributed by atoms with E-state index in [1.54, 1.807) is 24.4 Å². The fourth-order valence-electron chi connectivity index (χ4n) is 2.53. The molecule has 0 radical (unpaired) electrons. The Morgan fingerprint density at radius 3 is 2.25 bits per heavy atom. The van der Waals surface area contributed by atoms with Gasteiger partial charge in [-0.05, 0) is 60.7 Å². The molecule has 0 spiro atoms. The smallest absolute Gasteiger partial charge is 0.292 e. The summed E-state index contributed by atoms with van der Waals surface area (Å²) < 4.78 is 10.8. The van der Waals surface area contributed by atoms with Gasteiger partial charge in [0.05, 0.1) is 18.1 Å². The molecule has 2 aromatic heterocycles. The molecule has 138 valence electrons. The van der Waals surface area contributed by atoms with Crippen molar-refractivity contribution in [2.75, 3.05) is 10.6 Å². The predicted molar refractivity (Wildman–Crippen MR) is 107 cm³/mol. The molecule has 0 fully saturated rings. The van der Waals surface area contributed by atoms with E-state index < -0.39 is 0 Å². The molecule has 6 nitrogen and oxygen atoms in total. The molecular weight excluding hydrogens is 354 g/mol. The molecule has 0 aliphatic carbocycles. The lowest BCUT2D eigenvalue weighted by atomic mass is 10.3. The van der Waals surface area contributed by atoms with Crippen molar-refractivity contribution in [2.24, 2.45) is 0 Å². The highest BCUT2D eigenvalue weighted by Crippen LogP contribution is 2.24. The lowest BCUT2D eigenvalue weighted by molar-refractivity contribution is 0.0996. The molecule has 1 amide bonds. The van der Waals surface area contributed by atoms with Crippen LogP contribution in [0.4, 0.5) is 17.2 Å². The van der Waals surface area contributed by atoms with E-state index in [1.807, 2.05) is 60.7 Å². The molecule has 0 unspecified atom stereocenters. The van der Waals surface area contributed by atoms with Gasteiger partial charge in [0.15, 0.2) is 5.76 Å². The van der Waals surface area contributed by atoms with Crippen LogP contribution in [0.1, 0.15) is 10.6 Å². The van der Waals surface area contributed by atoms with Crippen molar-refractivity contribution < 1.29 is 13.9 Å². The highest BCUT2D eigenvalue weighted by Gasteiger charge is 2.09. The lowest BCUT2D eigenvalue weighted by Gasteiger charge is -2.09. The van der Waals surface area contributed by atoms with Crippen LogP contribution in [0.2, 0.25) is 0 Å². The molecule has 28 heavy (non-hydrogen) atoms. The molecule has 2 N–H and O–H groups in total. The number of para-hydroxylation sites is 1. The quantitative estimate of drug-likeness (QED) is 0.470. The molecule has 4 aromatic rings. The summed E-state index contributed by atoms with van der Waals surface area (Å²) in [5, 5.41) is 5.93. The zero-order chi connectivity index (χ0) is 19.2.